The summed E-state index contributed by atoms with van der Waals surface area (Å²) in [6.45, 7) is 8.59. The van der Waals surface area contributed by atoms with E-state index < -0.39 is 0 Å². The Hall–Kier alpha value is -1.14. The Balaban J connectivity index is 2.11. The maximum absolute atomic E-state index is 11.6. The number of hydrogen-bond donors (Lipinski definition) is 1. The first-order valence-corrected chi connectivity index (χ1v) is 7.88. The maximum atomic E-state index is 11.6. The molecule has 0 radical (unpaired) electrons. The van der Waals surface area contributed by atoms with Gasteiger partial charge in [0.05, 0.1) is 0 Å². The van der Waals surface area contributed by atoms with Crippen molar-refractivity contribution in [3.8, 4) is 0 Å². The molecule has 0 saturated heterocycles. The third-order valence-electron chi connectivity index (χ3n) is 2.78. The Morgan fingerprint density at radius 1 is 1.50 bits per heavy atom. The molecule has 6 heteroatoms. The van der Waals surface area contributed by atoms with E-state index in [-0.39, 0.29) is 10.8 Å². The second kappa shape index (κ2) is 8.92. The second-order valence-electron chi connectivity index (χ2n) is 5.22. The summed E-state index contributed by atoms with van der Waals surface area (Å²) in [6.07, 6.45) is 1.15. The number of ether oxygens (including phenoxy) is 1. The van der Waals surface area contributed by atoms with Crippen LogP contribution in [0.2, 0.25) is 0 Å². The summed E-state index contributed by atoms with van der Waals surface area (Å²) in [5.74, 6) is 0.517. The van der Waals surface area contributed by atoms with Gasteiger partial charge in [0.1, 0.15) is 0 Å². The Kier molecular flexibility index (Phi) is 7.54. The molecule has 1 rings (SSSR count). The number of nitrogens with one attached hydrogen (secondary N) is 1. The monoisotopic (exact) mass is 300 g/mol. The van der Waals surface area contributed by atoms with Gasteiger partial charge in [-0.2, -0.15) is 0 Å². The van der Waals surface area contributed by atoms with Gasteiger partial charge in [-0.25, -0.2) is 0 Å². The molecular weight excluding hydrogens is 276 g/mol. The van der Waals surface area contributed by atoms with Gasteiger partial charge in [-0.05, 0) is 19.3 Å². The number of carbonyl (C=O) groups excluding carboxylic acids is 1. The van der Waals surface area contributed by atoms with Crippen LogP contribution in [-0.2, 0) is 16.1 Å². The van der Waals surface area contributed by atoms with Crippen LogP contribution in [0.5, 0.6) is 0 Å². The van der Waals surface area contributed by atoms with E-state index >= 15 is 0 Å². The zero-order chi connectivity index (χ0) is 15.0. The average molecular weight is 300 g/mol. The van der Waals surface area contributed by atoms with Gasteiger partial charge in [0.15, 0.2) is 0 Å². The van der Waals surface area contributed by atoms with Crippen molar-refractivity contribution in [2.24, 2.45) is 5.92 Å². The van der Waals surface area contributed by atoms with Crippen LogP contribution >= 0.6 is 11.3 Å². The largest absolute Gasteiger partial charge is 0.381 e. The number of rotatable bonds is 9. The lowest BCUT2D eigenvalue weighted by Gasteiger charge is -2.08. The minimum absolute atomic E-state index is 0.00242. The molecule has 0 bridgehead atoms. The molecule has 1 heterocycles. The summed E-state index contributed by atoms with van der Waals surface area (Å²) in [4.78, 5) is 23.1. The lowest BCUT2D eigenvalue weighted by atomic mass is 10.2. The molecule has 0 aliphatic carbocycles. The number of aromatic nitrogens is 1. The van der Waals surface area contributed by atoms with Gasteiger partial charge in [-0.1, -0.05) is 25.2 Å². The first-order chi connectivity index (χ1) is 9.50. The van der Waals surface area contributed by atoms with Crippen LogP contribution in [0.25, 0.3) is 0 Å². The lowest BCUT2D eigenvalue weighted by molar-refractivity contribution is -0.121. The van der Waals surface area contributed by atoms with Crippen molar-refractivity contribution in [1.29, 1.82) is 0 Å². The Bertz CT molecular complexity index is 465. The predicted molar refractivity (Wildman–Crippen MR) is 81.2 cm³/mol. The smallest absolute Gasteiger partial charge is 0.307 e. The zero-order valence-electron chi connectivity index (χ0n) is 12.5. The first kappa shape index (κ1) is 16.9. The van der Waals surface area contributed by atoms with Gasteiger partial charge < -0.3 is 14.6 Å². The number of nitrogens with zero attached hydrogens (tertiary/aromatic N) is 1. The molecule has 20 heavy (non-hydrogen) atoms. The van der Waals surface area contributed by atoms with Crippen molar-refractivity contribution in [1.82, 2.24) is 9.88 Å². The van der Waals surface area contributed by atoms with Crippen molar-refractivity contribution >= 4 is 17.2 Å². The molecule has 1 N–H and O–H groups in total. The van der Waals surface area contributed by atoms with Crippen molar-refractivity contribution in [2.45, 2.75) is 40.2 Å². The molecule has 0 aliphatic rings. The van der Waals surface area contributed by atoms with E-state index in [2.05, 4.69) is 19.2 Å². The van der Waals surface area contributed by atoms with Crippen molar-refractivity contribution in [3.63, 3.8) is 0 Å². The van der Waals surface area contributed by atoms with Gasteiger partial charge in [0, 0.05) is 43.8 Å². The highest BCUT2D eigenvalue weighted by Crippen LogP contribution is 2.00. The van der Waals surface area contributed by atoms with E-state index in [1.165, 1.54) is 11.3 Å². The topological polar surface area (TPSA) is 60.3 Å². The van der Waals surface area contributed by atoms with Crippen molar-refractivity contribution in [3.05, 3.63) is 20.7 Å². The van der Waals surface area contributed by atoms with Crippen LogP contribution in [0.3, 0.4) is 0 Å². The first-order valence-electron chi connectivity index (χ1n) is 7.00. The van der Waals surface area contributed by atoms with Crippen LogP contribution in [0, 0.1) is 12.8 Å². The summed E-state index contributed by atoms with van der Waals surface area (Å²) in [5, 5.41) is 4.65. The number of carbonyl (C=O) groups is 1. The van der Waals surface area contributed by atoms with Crippen LogP contribution in [0.15, 0.2) is 10.2 Å². The van der Waals surface area contributed by atoms with E-state index in [0.29, 0.717) is 32.0 Å². The Labute approximate surface area is 124 Å². The van der Waals surface area contributed by atoms with E-state index in [1.54, 1.807) is 4.57 Å². The third-order valence-corrected chi connectivity index (χ3v) is 3.66. The fraction of sp³-hybridized carbons (Fsp3) is 0.714. The van der Waals surface area contributed by atoms with Gasteiger partial charge in [0.25, 0.3) is 0 Å². The molecule has 114 valence electrons. The number of amides is 1. The fourth-order valence-electron chi connectivity index (χ4n) is 1.70. The van der Waals surface area contributed by atoms with Crippen molar-refractivity contribution < 1.29 is 9.53 Å². The quantitative estimate of drug-likeness (QED) is 0.707. The number of thiazole rings is 1. The molecule has 0 aliphatic heterocycles. The Morgan fingerprint density at radius 3 is 2.85 bits per heavy atom. The number of hydrogen-bond acceptors (Lipinski definition) is 4. The average Bonchev–Trinajstić information content (AvgIpc) is 2.70. The van der Waals surface area contributed by atoms with E-state index in [1.807, 2.05) is 12.3 Å². The molecule has 0 unspecified atom stereocenters. The van der Waals surface area contributed by atoms with Crippen molar-refractivity contribution in [2.75, 3.05) is 19.8 Å². The van der Waals surface area contributed by atoms with Crippen LogP contribution in [0.4, 0.5) is 0 Å². The lowest BCUT2D eigenvalue weighted by Crippen LogP contribution is -2.27. The molecule has 0 aromatic carbocycles. The highest BCUT2D eigenvalue weighted by Gasteiger charge is 2.06. The predicted octanol–water partition coefficient (Wildman–Crippen LogP) is 1.79. The van der Waals surface area contributed by atoms with E-state index in [9.17, 15) is 9.59 Å². The summed E-state index contributed by atoms with van der Waals surface area (Å²) in [6, 6.07) is 0. The zero-order valence-corrected chi connectivity index (χ0v) is 13.3. The Morgan fingerprint density at radius 2 is 2.25 bits per heavy atom. The van der Waals surface area contributed by atoms with E-state index in [0.717, 1.165) is 18.7 Å². The molecular formula is C14H24N2O3S. The standard InChI is InChI=1S/C14H24N2O3S/c1-11(2)9-19-8-4-6-15-13(17)5-7-16-12(3)10-20-14(16)18/h10-11H,4-9H2,1-3H3,(H,15,17). The molecule has 1 aromatic heterocycles. The molecule has 0 atom stereocenters. The normalized spacial score (nSPS) is 11.0. The molecule has 0 fully saturated rings. The summed E-state index contributed by atoms with van der Waals surface area (Å²) in [5.41, 5.74) is 0.912. The molecule has 1 amide bonds. The SMILES string of the molecule is Cc1csc(=O)n1CCC(=O)NCCCOCC(C)C. The van der Waals surface area contributed by atoms with Crippen LogP contribution < -0.4 is 10.2 Å². The molecule has 1 aromatic rings. The highest BCUT2D eigenvalue weighted by molar-refractivity contribution is 7.07. The fourth-order valence-corrected chi connectivity index (χ4v) is 2.46. The maximum Gasteiger partial charge on any atom is 0.307 e. The summed E-state index contributed by atoms with van der Waals surface area (Å²) >= 11 is 1.17. The van der Waals surface area contributed by atoms with Crippen LogP contribution in [0.1, 0.15) is 32.4 Å². The van der Waals surface area contributed by atoms with Crippen LogP contribution in [-0.4, -0.2) is 30.2 Å². The summed E-state index contributed by atoms with van der Waals surface area (Å²) in [7, 11) is 0. The van der Waals surface area contributed by atoms with Gasteiger partial charge in [-0.15, -0.1) is 0 Å². The van der Waals surface area contributed by atoms with E-state index in [4.69, 9.17) is 4.74 Å². The number of aryl methyl sites for hydroxylation is 1. The van der Waals surface area contributed by atoms with Gasteiger partial charge >= 0.3 is 4.87 Å². The molecule has 0 saturated carbocycles. The molecule has 5 nitrogen and oxygen atoms in total. The molecule has 0 spiro atoms. The third kappa shape index (κ3) is 6.34. The minimum atomic E-state index is -0.0219. The summed E-state index contributed by atoms with van der Waals surface area (Å²) < 4.78 is 7.07. The van der Waals surface area contributed by atoms with Gasteiger partial charge in [-0.3, -0.25) is 9.59 Å². The second-order valence-corrected chi connectivity index (χ2v) is 6.04. The minimum Gasteiger partial charge on any atom is -0.381 e. The highest BCUT2D eigenvalue weighted by atomic mass is 32.1. The van der Waals surface area contributed by atoms with Gasteiger partial charge in [0.2, 0.25) is 5.91 Å².